The molecule has 7 aromatic carbocycles. The first-order chi connectivity index (χ1) is 23.8. The fourth-order valence-electron chi connectivity index (χ4n) is 7.36. The van der Waals surface area contributed by atoms with Gasteiger partial charge in [0, 0.05) is 53.9 Å². The molecule has 48 heavy (non-hydrogen) atoms. The first-order valence-corrected chi connectivity index (χ1v) is 17.3. The van der Waals surface area contributed by atoms with Crippen LogP contribution in [0.2, 0.25) is 0 Å². The Hall–Kier alpha value is -5.30. The van der Waals surface area contributed by atoms with Crippen molar-refractivity contribution in [3.05, 3.63) is 174 Å². The number of para-hydroxylation sites is 1. The van der Waals surface area contributed by atoms with Crippen molar-refractivity contribution in [2.45, 2.75) is 18.6 Å². The van der Waals surface area contributed by atoms with E-state index in [9.17, 15) is 0 Å². The zero-order valence-corrected chi connectivity index (χ0v) is 27.1. The van der Waals surface area contributed by atoms with Crippen molar-refractivity contribution in [3.8, 4) is 5.69 Å². The Morgan fingerprint density at radius 3 is 2.02 bits per heavy atom. The van der Waals surface area contributed by atoms with E-state index in [0.717, 1.165) is 16.8 Å². The molecular formula is C43H34N4S. The second-order valence-corrected chi connectivity index (χ2v) is 13.5. The van der Waals surface area contributed by atoms with Crippen LogP contribution in [0.1, 0.15) is 28.8 Å². The van der Waals surface area contributed by atoms with Gasteiger partial charge in [-0.1, -0.05) is 133 Å². The number of hydrogen-bond donors (Lipinski definition) is 3. The van der Waals surface area contributed by atoms with Crippen LogP contribution in [0.3, 0.4) is 0 Å². The molecule has 4 nitrogen and oxygen atoms in total. The molecule has 0 aliphatic heterocycles. The molecule has 0 fully saturated rings. The highest BCUT2D eigenvalue weighted by molar-refractivity contribution is 7.27. The number of nitrogens with two attached hydrogens (primary N) is 1. The van der Waals surface area contributed by atoms with Crippen LogP contribution >= 0.6 is 11.3 Å². The second kappa shape index (κ2) is 12.1. The van der Waals surface area contributed by atoms with Gasteiger partial charge in [0.25, 0.3) is 0 Å². The molecule has 0 bridgehead atoms. The molecule has 0 saturated heterocycles. The lowest BCUT2D eigenvalue weighted by Crippen LogP contribution is -2.40. The summed E-state index contributed by atoms with van der Waals surface area (Å²) in [5.74, 6) is 0. The molecule has 0 radical (unpaired) electrons. The summed E-state index contributed by atoms with van der Waals surface area (Å²) in [6, 6.07) is 55.8. The minimum atomic E-state index is -0.219. The van der Waals surface area contributed by atoms with E-state index < -0.39 is 0 Å². The van der Waals surface area contributed by atoms with E-state index in [1.165, 1.54) is 58.3 Å². The molecule has 2 aromatic heterocycles. The van der Waals surface area contributed by atoms with Crippen LogP contribution in [0.15, 0.2) is 158 Å². The van der Waals surface area contributed by atoms with E-state index in [1.807, 2.05) is 35.6 Å². The van der Waals surface area contributed by atoms with Crippen molar-refractivity contribution in [1.29, 1.82) is 0 Å². The molecule has 0 spiro atoms. The molecule has 2 atom stereocenters. The van der Waals surface area contributed by atoms with Crippen LogP contribution in [0, 0.1) is 0 Å². The molecule has 0 aliphatic rings. The number of hydrogen-bond acceptors (Lipinski definition) is 4. The van der Waals surface area contributed by atoms with Crippen LogP contribution < -0.4 is 16.6 Å². The molecule has 0 amide bonds. The fourth-order valence-corrected chi connectivity index (χ4v) is 8.61. The SMILES string of the molecule is N[C@@H](c1ccccc1)C(NNCc1cccc(-n2c3ccccc3c3c4c5ccccc5sc4c4ccccc4c32)c1)c1ccccc1. The van der Waals surface area contributed by atoms with E-state index >= 15 is 0 Å². The third-order valence-corrected chi connectivity index (χ3v) is 10.8. The average Bonchev–Trinajstić information content (AvgIpc) is 3.71. The Bertz CT molecular complexity index is 2570. The Kier molecular flexibility index (Phi) is 7.25. The number of aromatic nitrogens is 1. The van der Waals surface area contributed by atoms with Crippen LogP contribution in [0.4, 0.5) is 0 Å². The number of fused-ring (bicyclic) bond motifs is 10. The van der Waals surface area contributed by atoms with Crippen molar-refractivity contribution in [3.63, 3.8) is 0 Å². The smallest absolute Gasteiger partial charge is 0.0655 e. The minimum absolute atomic E-state index is 0.108. The van der Waals surface area contributed by atoms with Gasteiger partial charge in [0.15, 0.2) is 0 Å². The van der Waals surface area contributed by atoms with Crippen LogP contribution in [0.5, 0.6) is 0 Å². The summed E-state index contributed by atoms with van der Waals surface area (Å²) in [7, 11) is 0. The lowest BCUT2D eigenvalue weighted by molar-refractivity contribution is 0.385. The number of nitrogens with zero attached hydrogens (tertiary/aromatic N) is 1. The van der Waals surface area contributed by atoms with Crippen molar-refractivity contribution in [2.24, 2.45) is 5.73 Å². The maximum absolute atomic E-state index is 6.85. The summed E-state index contributed by atoms with van der Waals surface area (Å²) in [5, 5.41) is 7.84. The molecule has 1 unspecified atom stereocenters. The van der Waals surface area contributed by atoms with Crippen LogP contribution in [-0.2, 0) is 6.54 Å². The predicted octanol–water partition coefficient (Wildman–Crippen LogP) is 10.3. The van der Waals surface area contributed by atoms with E-state index in [4.69, 9.17) is 5.73 Å². The number of thiophene rings is 1. The first-order valence-electron chi connectivity index (χ1n) is 16.4. The normalized spacial score (nSPS) is 13.2. The Labute approximate surface area is 283 Å². The Balaban J connectivity index is 1.14. The van der Waals surface area contributed by atoms with E-state index in [-0.39, 0.29) is 12.1 Å². The van der Waals surface area contributed by atoms with E-state index in [1.54, 1.807) is 0 Å². The van der Waals surface area contributed by atoms with E-state index in [2.05, 4.69) is 149 Å². The van der Waals surface area contributed by atoms with Gasteiger partial charge in [-0.25, -0.2) is 5.43 Å². The minimum Gasteiger partial charge on any atom is -0.322 e. The summed E-state index contributed by atoms with van der Waals surface area (Å²) in [6.45, 7) is 0.635. The molecular weight excluding hydrogens is 605 g/mol. The lowest BCUT2D eigenvalue weighted by Gasteiger charge is -2.26. The molecule has 0 aliphatic carbocycles. The standard InChI is InChI=1S/C43H34N4S/c44-40(29-15-3-1-4-16-29)41(30-17-5-2-6-18-30)46-45-27-28-14-13-19-31(26-28)47-36-24-11-9-22-34(36)38-39-35-23-10-12-25-37(35)48-43(39)33-21-8-7-20-32(33)42(38)47/h1-26,40-41,45-46H,27,44H2/t40-,41?/m0/s1. The highest BCUT2D eigenvalue weighted by Gasteiger charge is 2.23. The summed E-state index contributed by atoms with van der Waals surface area (Å²) in [4.78, 5) is 0. The van der Waals surface area contributed by atoms with Gasteiger partial charge in [-0.15, -0.1) is 11.3 Å². The van der Waals surface area contributed by atoms with Gasteiger partial charge < -0.3 is 10.3 Å². The average molecular weight is 639 g/mol. The van der Waals surface area contributed by atoms with Gasteiger partial charge in [0.1, 0.15) is 0 Å². The maximum atomic E-state index is 6.85. The van der Waals surface area contributed by atoms with Crippen LogP contribution in [-0.4, -0.2) is 4.57 Å². The van der Waals surface area contributed by atoms with Crippen molar-refractivity contribution >= 4 is 64.1 Å². The second-order valence-electron chi connectivity index (χ2n) is 12.4. The van der Waals surface area contributed by atoms with Gasteiger partial charge in [-0.3, -0.25) is 5.43 Å². The van der Waals surface area contributed by atoms with Gasteiger partial charge >= 0.3 is 0 Å². The van der Waals surface area contributed by atoms with Crippen molar-refractivity contribution in [2.75, 3.05) is 0 Å². The van der Waals surface area contributed by atoms with Crippen LogP contribution in [0.25, 0.3) is 58.4 Å². The summed E-state index contributed by atoms with van der Waals surface area (Å²) < 4.78 is 5.14. The third-order valence-electron chi connectivity index (χ3n) is 9.57. The Morgan fingerprint density at radius 2 is 1.23 bits per heavy atom. The molecule has 0 saturated carbocycles. The lowest BCUT2D eigenvalue weighted by atomic mass is 9.95. The largest absolute Gasteiger partial charge is 0.322 e. The number of hydrazine groups is 1. The number of benzene rings is 7. The monoisotopic (exact) mass is 638 g/mol. The predicted molar refractivity (Wildman–Crippen MR) is 204 cm³/mol. The summed E-state index contributed by atoms with van der Waals surface area (Å²) in [6.07, 6.45) is 0. The maximum Gasteiger partial charge on any atom is 0.0655 e. The van der Waals surface area contributed by atoms with Gasteiger partial charge in [-0.05, 0) is 41.0 Å². The van der Waals surface area contributed by atoms with Gasteiger partial charge in [0.2, 0.25) is 0 Å². The van der Waals surface area contributed by atoms with Crippen molar-refractivity contribution in [1.82, 2.24) is 15.4 Å². The summed E-state index contributed by atoms with van der Waals surface area (Å²) >= 11 is 1.90. The zero-order valence-electron chi connectivity index (χ0n) is 26.3. The molecule has 2 heterocycles. The topological polar surface area (TPSA) is 55.0 Å². The molecule has 232 valence electrons. The molecule has 9 rings (SSSR count). The Morgan fingerprint density at radius 1 is 0.583 bits per heavy atom. The molecule has 4 N–H and O–H groups in total. The number of rotatable bonds is 8. The fraction of sp³-hybridized carbons (Fsp3) is 0.0698. The van der Waals surface area contributed by atoms with Gasteiger partial charge in [-0.2, -0.15) is 0 Å². The first kappa shape index (κ1) is 28.9. The number of nitrogens with one attached hydrogen (secondary N) is 2. The van der Waals surface area contributed by atoms with E-state index in [0.29, 0.717) is 6.54 Å². The highest BCUT2D eigenvalue weighted by Crippen LogP contribution is 2.47. The third kappa shape index (κ3) is 4.79. The van der Waals surface area contributed by atoms with Gasteiger partial charge in [0.05, 0.1) is 23.1 Å². The highest BCUT2D eigenvalue weighted by atomic mass is 32.1. The summed E-state index contributed by atoms with van der Waals surface area (Å²) in [5.41, 5.74) is 21.0. The quantitative estimate of drug-likeness (QED) is 0.145. The van der Waals surface area contributed by atoms with Crippen molar-refractivity contribution < 1.29 is 0 Å². The zero-order chi connectivity index (χ0) is 32.0. The molecule has 5 heteroatoms. The molecule has 9 aromatic rings.